The van der Waals surface area contributed by atoms with E-state index in [-0.39, 0.29) is 23.2 Å². The SMILES string of the molecule is Cc1ccccc1CNC(=O)C1N(C(=O)C(O)C(Cc2ccccc2)NC(=O)Nc2ccc(Cl)c(Cl)c2)CSC1(C)C. The maximum atomic E-state index is 13.8. The summed E-state index contributed by atoms with van der Waals surface area (Å²) in [4.78, 5) is 41.7. The van der Waals surface area contributed by atoms with Crippen LogP contribution in [0.1, 0.15) is 30.5 Å². The molecule has 3 unspecified atom stereocenters. The molecule has 222 valence electrons. The van der Waals surface area contributed by atoms with Crippen molar-refractivity contribution >= 4 is 58.5 Å². The first kappa shape index (κ1) is 31.7. The summed E-state index contributed by atoms with van der Waals surface area (Å²) in [5, 5.41) is 20.4. The number of urea groups is 1. The normalized spacial score (nSPS) is 17.3. The minimum atomic E-state index is -1.62. The zero-order chi connectivity index (χ0) is 30.4. The maximum absolute atomic E-state index is 13.8. The van der Waals surface area contributed by atoms with Crippen molar-refractivity contribution in [1.29, 1.82) is 0 Å². The van der Waals surface area contributed by atoms with Crippen LogP contribution in [0.25, 0.3) is 0 Å². The zero-order valence-electron chi connectivity index (χ0n) is 23.6. The molecule has 42 heavy (non-hydrogen) atoms. The maximum Gasteiger partial charge on any atom is 0.319 e. The molecule has 1 fully saturated rings. The zero-order valence-corrected chi connectivity index (χ0v) is 25.9. The number of benzene rings is 3. The third-order valence-electron chi connectivity index (χ3n) is 7.22. The summed E-state index contributed by atoms with van der Waals surface area (Å²) in [7, 11) is 0. The lowest BCUT2D eigenvalue weighted by molar-refractivity contribution is -0.147. The number of amides is 4. The van der Waals surface area contributed by atoms with E-state index in [0.29, 0.717) is 17.3 Å². The Morgan fingerprint density at radius 2 is 1.71 bits per heavy atom. The molecular formula is C31H34Cl2N4O4S. The van der Waals surface area contributed by atoms with Crippen LogP contribution in [0.2, 0.25) is 10.0 Å². The molecule has 1 aliphatic rings. The standard InChI is InChI=1S/C31H34Cl2N4O4S/c1-19-9-7-8-12-21(19)17-34-28(39)27-31(2,3)42-18-37(27)29(40)26(38)25(15-20-10-5-4-6-11-20)36-30(41)35-22-13-14-23(32)24(33)16-22/h4-14,16,25-27,38H,15,17-18H2,1-3H3,(H,34,39)(H2,35,36,41). The van der Waals surface area contributed by atoms with Gasteiger partial charge in [-0.1, -0.05) is 77.8 Å². The molecule has 4 amide bonds. The number of aliphatic hydroxyl groups excluding tert-OH is 1. The van der Waals surface area contributed by atoms with Crippen molar-refractivity contribution in [1.82, 2.24) is 15.5 Å². The molecule has 8 nitrogen and oxygen atoms in total. The minimum Gasteiger partial charge on any atom is -0.381 e. The fourth-order valence-corrected chi connectivity index (χ4v) is 6.30. The third kappa shape index (κ3) is 7.77. The van der Waals surface area contributed by atoms with E-state index < -0.39 is 34.9 Å². The van der Waals surface area contributed by atoms with Crippen LogP contribution in [0.15, 0.2) is 72.8 Å². The van der Waals surface area contributed by atoms with Crippen LogP contribution in [-0.2, 0) is 22.6 Å². The van der Waals surface area contributed by atoms with Gasteiger partial charge in [0.25, 0.3) is 5.91 Å². The second kappa shape index (κ2) is 13.8. The summed E-state index contributed by atoms with van der Waals surface area (Å²) >= 11 is 13.5. The molecule has 1 heterocycles. The number of aliphatic hydroxyl groups is 1. The van der Waals surface area contributed by atoms with Crippen LogP contribution in [-0.4, -0.2) is 56.7 Å². The summed E-state index contributed by atoms with van der Waals surface area (Å²) in [6.07, 6.45) is -1.44. The lowest BCUT2D eigenvalue weighted by Gasteiger charge is -2.33. The van der Waals surface area contributed by atoms with Gasteiger partial charge in [-0.15, -0.1) is 11.8 Å². The number of carbonyl (C=O) groups is 3. The highest BCUT2D eigenvalue weighted by molar-refractivity contribution is 8.00. The largest absolute Gasteiger partial charge is 0.381 e. The van der Waals surface area contributed by atoms with Gasteiger partial charge in [-0.05, 0) is 62.1 Å². The van der Waals surface area contributed by atoms with Gasteiger partial charge >= 0.3 is 6.03 Å². The van der Waals surface area contributed by atoms with Crippen molar-refractivity contribution in [2.45, 2.75) is 56.7 Å². The molecule has 3 aromatic rings. The number of hydrogen-bond acceptors (Lipinski definition) is 5. The van der Waals surface area contributed by atoms with E-state index in [2.05, 4.69) is 16.0 Å². The second-order valence-electron chi connectivity index (χ2n) is 10.7. The van der Waals surface area contributed by atoms with Gasteiger partial charge < -0.3 is 26.0 Å². The van der Waals surface area contributed by atoms with Gasteiger partial charge in [-0.3, -0.25) is 9.59 Å². The van der Waals surface area contributed by atoms with E-state index in [1.54, 1.807) is 12.1 Å². The Balaban J connectivity index is 1.51. The quantitative estimate of drug-likeness (QED) is 0.254. The summed E-state index contributed by atoms with van der Waals surface area (Å²) in [5.41, 5.74) is 3.24. The molecule has 0 radical (unpaired) electrons. The fourth-order valence-electron chi connectivity index (χ4n) is 4.86. The molecule has 1 aliphatic heterocycles. The molecule has 11 heteroatoms. The first-order valence-corrected chi connectivity index (χ1v) is 15.2. The number of thioether (sulfide) groups is 1. The molecule has 4 rings (SSSR count). The first-order chi connectivity index (χ1) is 20.0. The number of rotatable bonds is 9. The predicted octanol–water partition coefficient (Wildman–Crippen LogP) is 5.39. The van der Waals surface area contributed by atoms with Gasteiger partial charge in [-0.2, -0.15) is 0 Å². The van der Waals surface area contributed by atoms with Gasteiger partial charge in [0.05, 0.1) is 22.0 Å². The lowest BCUT2D eigenvalue weighted by atomic mass is 9.97. The van der Waals surface area contributed by atoms with Crippen molar-refractivity contribution in [2.75, 3.05) is 11.2 Å². The van der Waals surface area contributed by atoms with Crippen LogP contribution in [0.5, 0.6) is 0 Å². The van der Waals surface area contributed by atoms with Crippen LogP contribution in [0.4, 0.5) is 10.5 Å². The molecule has 1 saturated heterocycles. The molecule has 0 spiro atoms. The average molecular weight is 630 g/mol. The molecule has 4 N–H and O–H groups in total. The Bertz CT molecular complexity index is 1440. The highest BCUT2D eigenvalue weighted by Crippen LogP contribution is 2.40. The van der Waals surface area contributed by atoms with E-state index in [9.17, 15) is 19.5 Å². The Labute approximate surface area is 260 Å². The average Bonchev–Trinajstić information content (AvgIpc) is 3.28. The number of aryl methyl sites for hydroxylation is 1. The molecule has 3 aromatic carbocycles. The monoisotopic (exact) mass is 628 g/mol. The van der Waals surface area contributed by atoms with E-state index in [4.69, 9.17) is 23.2 Å². The molecular weight excluding hydrogens is 595 g/mol. The number of nitrogens with zero attached hydrogens (tertiary/aromatic N) is 1. The molecule has 0 aromatic heterocycles. The van der Waals surface area contributed by atoms with Gasteiger partial charge in [0.15, 0.2) is 6.10 Å². The fraction of sp³-hybridized carbons (Fsp3) is 0.323. The predicted molar refractivity (Wildman–Crippen MR) is 169 cm³/mol. The number of anilines is 1. The topological polar surface area (TPSA) is 111 Å². The number of halogens is 2. The van der Waals surface area contributed by atoms with Gasteiger partial charge in [-0.25, -0.2) is 4.79 Å². The van der Waals surface area contributed by atoms with Crippen molar-refractivity contribution < 1.29 is 19.5 Å². The van der Waals surface area contributed by atoms with Crippen molar-refractivity contribution in [3.05, 3.63) is 99.5 Å². The number of carbonyl (C=O) groups excluding carboxylic acids is 3. The van der Waals surface area contributed by atoms with Crippen LogP contribution in [0, 0.1) is 6.92 Å². The lowest BCUT2D eigenvalue weighted by Crippen LogP contribution is -2.59. The second-order valence-corrected chi connectivity index (χ2v) is 13.1. The molecule has 0 bridgehead atoms. The molecule has 0 saturated carbocycles. The highest BCUT2D eigenvalue weighted by atomic mass is 35.5. The highest BCUT2D eigenvalue weighted by Gasteiger charge is 2.49. The number of hydrogen-bond donors (Lipinski definition) is 4. The summed E-state index contributed by atoms with van der Waals surface area (Å²) in [6.45, 7) is 6.10. The molecule has 0 aliphatic carbocycles. The smallest absolute Gasteiger partial charge is 0.319 e. The van der Waals surface area contributed by atoms with Gasteiger partial charge in [0, 0.05) is 17.0 Å². The van der Waals surface area contributed by atoms with Crippen molar-refractivity contribution in [2.24, 2.45) is 0 Å². The minimum absolute atomic E-state index is 0.178. The Hall–Kier alpha value is -3.24. The van der Waals surface area contributed by atoms with Crippen LogP contribution >= 0.6 is 35.0 Å². The Kier molecular flexibility index (Phi) is 10.4. The molecule has 3 atom stereocenters. The van der Waals surface area contributed by atoms with Gasteiger partial charge in [0.2, 0.25) is 5.91 Å². The van der Waals surface area contributed by atoms with E-state index in [1.165, 1.54) is 22.7 Å². The summed E-state index contributed by atoms with van der Waals surface area (Å²) in [5.74, 6) is -0.725. The Morgan fingerprint density at radius 1 is 1.02 bits per heavy atom. The van der Waals surface area contributed by atoms with E-state index >= 15 is 0 Å². The van der Waals surface area contributed by atoms with Crippen molar-refractivity contribution in [3.63, 3.8) is 0 Å². The van der Waals surface area contributed by atoms with Crippen LogP contribution in [0.3, 0.4) is 0 Å². The van der Waals surface area contributed by atoms with E-state index in [0.717, 1.165) is 16.7 Å². The summed E-state index contributed by atoms with van der Waals surface area (Å²) < 4.78 is -0.598. The summed E-state index contributed by atoms with van der Waals surface area (Å²) in [6, 6.07) is 19.2. The number of nitrogens with one attached hydrogen (secondary N) is 3. The third-order valence-corrected chi connectivity index (χ3v) is 9.33. The van der Waals surface area contributed by atoms with Gasteiger partial charge in [0.1, 0.15) is 6.04 Å². The van der Waals surface area contributed by atoms with Crippen molar-refractivity contribution in [3.8, 4) is 0 Å². The first-order valence-electron chi connectivity index (χ1n) is 13.5. The Morgan fingerprint density at radius 3 is 2.40 bits per heavy atom. The van der Waals surface area contributed by atoms with E-state index in [1.807, 2.05) is 75.4 Å². The van der Waals surface area contributed by atoms with Crippen LogP contribution < -0.4 is 16.0 Å².